The molecule has 5 heteroatoms. The monoisotopic (exact) mass is 400 g/mol. The molecule has 0 atom stereocenters. The predicted molar refractivity (Wildman–Crippen MR) is 119 cm³/mol. The van der Waals surface area contributed by atoms with Crippen molar-refractivity contribution < 1.29 is 14.3 Å². The van der Waals surface area contributed by atoms with Crippen LogP contribution in [0.4, 0.5) is 5.69 Å². The molecule has 0 fully saturated rings. The van der Waals surface area contributed by atoms with Gasteiger partial charge in [0.15, 0.2) is 0 Å². The van der Waals surface area contributed by atoms with Gasteiger partial charge in [-0.15, -0.1) is 0 Å². The van der Waals surface area contributed by atoms with Crippen LogP contribution in [0.15, 0.2) is 78.5 Å². The second-order valence-corrected chi connectivity index (χ2v) is 6.89. The molecule has 5 nitrogen and oxygen atoms in total. The summed E-state index contributed by atoms with van der Waals surface area (Å²) in [5, 5.41) is 5.63. The minimum atomic E-state index is -0.419. The van der Waals surface area contributed by atoms with Crippen LogP contribution in [0.3, 0.4) is 0 Å². The van der Waals surface area contributed by atoms with E-state index in [4.69, 9.17) is 4.74 Å². The Morgan fingerprint density at radius 1 is 0.900 bits per heavy atom. The minimum Gasteiger partial charge on any atom is -0.496 e. The van der Waals surface area contributed by atoms with Gasteiger partial charge in [-0.3, -0.25) is 9.59 Å². The highest BCUT2D eigenvalue weighted by atomic mass is 16.5. The minimum absolute atomic E-state index is 0.119. The van der Waals surface area contributed by atoms with E-state index in [0.29, 0.717) is 22.6 Å². The smallest absolute Gasteiger partial charge is 0.272 e. The van der Waals surface area contributed by atoms with Gasteiger partial charge in [-0.25, -0.2) is 0 Å². The summed E-state index contributed by atoms with van der Waals surface area (Å²) in [5.74, 6) is -0.187. The van der Waals surface area contributed by atoms with Crippen LogP contribution in [-0.2, 0) is 4.79 Å². The summed E-state index contributed by atoms with van der Waals surface area (Å²) in [6.45, 7) is 3.92. The number of ether oxygens (including phenoxy) is 1. The van der Waals surface area contributed by atoms with Crippen molar-refractivity contribution in [3.8, 4) is 5.75 Å². The summed E-state index contributed by atoms with van der Waals surface area (Å²) in [6.07, 6.45) is 1.61. The Hall–Kier alpha value is -3.86. The lowest BCUT2D eigenvalue weighted by Crippen LogP contribution is -2.30. The van der Waals surface area contributed by atoms with Crippen LogP contribution in [0.25, 0.3) is 6.08 Å². The van der Waals surface area contributed by atoms with Crippen LogP contribution in [0.2, 0.25) is 0 Å². The Morgan fingerprint density at radius 3 is 2.30 bits per heavy atom. The second-order valence-electron chi connectivity index (χ2n) is 6.89. The van der Waals surface area contributed by atoms with E-state index in [1.165, 1.54) is 0 Å². The van der Waals surface area contributed by atoms with Crippen molar-refractivity contribution in [2.45, 2.75) is 13.8 Å². The van der Waals surface area contributed by atoms with Crippen LogP contribution in [-0.4, -0.2) is 18.9 Å². The fraction of sp³-hybridized carbons (Fsp3) is 0.120. The molecule has 0 saturated heterocycles. The molecule has 0 heterocycles. The molecule has 0 aliphatic rings. The number of carbonyl (C=O) groups is 2. The van der Waals surface area contributed by atoms with E-state index in [9.17, 15) is 9.59 Å². The number of carbonyl (C=O) groups excluding carboxylic acids is 2. The molecule has 3 aromatic rings. The molecule has 3 aromatic carbocycles. The first kappa shape index (κ1) is 20.9. The van der Waals surface area contributed by atoms with E-state index in [-0.39, 0.29) is 11.6 Å². The third-order valence-electron chi connectivity index (χ3n) is 4.60. The van der Waals surface area contributed by atoms with Gasteiger partial charge in [-0.05, 0) is 49.8 Å². The number of hydrogen-bond acceptors (Lipinski definition) is 3. The van der Waals surface area contributed by atoms with Gasteiger partial charge in [-0.2, -0.15) is 0 Å². The van der Waals surface area contributed by atoms with Gasteiger partial charge in [0, 0.05) is 16.8 Å². The highest BCUT2D eigenvalue weighted by molar-refractivity contribution is 6.11. The summed E-state index contributed by atoms with van der Waals surface area (Å²) < 4.78 is 5.38. The van der Waals surface area contributed by atoms with Crippen molar-refractivity contribution >= 4 is 23.6 Å². The normalized spacial score (nSPS) is 11.0. The number of anilines is 1. The fourth-order valence-electron chi connectivity index (χ4n) is 3.03. The van der Waals surface area contributed by atoms with E-state index in [1.807, 2.05) is 56.3 Å². The van der Waals surface area contributed by atoms with Crippen molar-refractivity contribution in [2.24, 2.45) is 0 Å². The maximum Gasteiger partial charge on any atom is 0.272 e. The topological polar surface area (TPSA) is 67.4 Å². The molecule has 0 aliphatic carbocycles. The molecule has 0 bridgehead atoms. The van der Waals surface area contributed by atoms with Gasteiger partial charge in [-0.1, -0.05) is 54.1 Å². The summed E-state index contributed by atoms with van der Waals surface area (Å²) in [5.41, 5.74) is 3.99. The molecule has 0 aliphatic heterocycles. The number of aryl methyl sites for hydroxylation is 2. The second kappa shape index (κ2) is 9.56. The summed E-state index contributed by atoms with van der Waals surface area (Å²) >= 11 is 0. The van der Waals surface area contributed by atoms with Crippen molar-refractivity contribution in [1.82, 2.24) is 5.32 Å². The Balaban J connectivity index is 1.94. The number of para-hydroxylation sites is 1. The third kappa shape index (κ3) is 5.14. The van der Waals surface area contributed by atoms with Gasteiger partial charge in [0.05, 0.1) is 7.11 Å². The average Bonchev–Trinajstić information content (AvgIpc) is 2.76. The molecule has 0 spiro atoms. The van der Waals surface area contributed by atoms with Crippen molar-refractivity contribution in [2.75, 3.05) is 12.4 Å². The zero-order chi connectivity index (χ0) is 21.5. The average molecular weight is 400 g/mol. The molecule has 152 valence electrons. The first-order valence-corrected chi connectivity index (χ1v) is 9.57. The van der Waals surface area contributed by atoms with Crippen LogP contribution < -0.4 is 15.4 Å². The largest absolute Gasteiger partial charge is 0.496 e. The number of amides is 2. The number of rotatable bonds is 6. The van der Waals surface area contributed by atoms with Crippen LogP contribution in [0, 0.1) is 13.8 Å². The van der Waals surface area contributed by atoms with E-state index in [1.54, 1.807) is 43.5 Å². The molecule has 2 N–H and O–H groups in total. The molecule has 0 radical (unpaired) electrons. The fourth-order valence-corrected chi connectivity index (χ4v) is 3.03. The van der Waals surface area contributed by atoms with Crippen molar-refractivity contribution in [3.63, 3.8) is 0 Å². The van der Waals surface area contributed by atoms with Crippen molar-refractivity contribution in [1.29, 1.82) is 0 Å². The Labute approximate surface area is 176 Å². The van der Waals surface area contributed by atoms with E-state index in [2.05, 4.69) is 10.6 Å². The molecule has 30 heavy (non-hydrogen) atoms. The van der Waals surface area contributed by atoms with E-state index >= 15 is 0 Å². The quantitative estimate of drug-likeness (QED) is 0.588. The Kier molecular flexibility index (Phi) is 6.65. The molecule has 0 aromatic heterocycles. The van der Waals surface area contributed by atoms with E-state index in [0.717, 1.165) is 11.1 Å². The lowest BCUT2D eigenvalue weighted by molar-refractivity contribution is -0.113. The predicted octanol–water partition coefficient (Wildman–Crippen LogP) is 4.72. The summed E-state index contributed by atoms with van der Waals surface area (Å²) in [7, 11) is 1.56. The molecule has 0 unspecified atom stereocenters. The van der Waals surface area contributed by atoms with Crippen LogP contribution in [0.1, 0.15) is 27.0 Å². The molecule has 3 rings (SSSR count). The standard InChI is InChI=1S/C25H24N2O3/c1-17-13-14-21(18(2)15-17)26-25(29)22(16-20-11-7-8-12-23(20)30-3)27-24(28)19-9-5-4-6-10-19/h4-16H,1-3H3,(H,26,29)(H,27,28)/b22-16+. The lowest BCUT2D eigenvalue weighted by atomic mass is 10.1. The van der Waals surface area contributed by atoms with Crippen molar-refractivity contribution in [3.05, 3.63) is 101 Å². The Morgan fingerprint density at radius 2 is 1.60 bits per heavy atom. The number of benzene rings is 3. The van der Waals surface area contributed by atoms with Crippen LogP contribution >= 0.6 is 0 Å². The molecular weight excluding hydrogens is 376 g/mol. The number of methoxy groups -OCH3 is 1. The van der Waals surface area contributed by atoms with E-state index < -0.39 is 5.91 Å². The summed E-state index contributed by atoms with van der Waals surface area (Å²) in [6, 6.07) is 21.8. The Bertz CT molecular complexity index is 1090. The number of hydrogen-bond donors (Lipinski definition) is 2. The molecule has 2 amide bonds. The first-order valence-electron chi connectivity index (χ1n) is 9.57. The van der Waals surface area contributed by atoms with Gasteiger partial charge in [0.25, 0.3) is 11.8 Å². The lowest BCUT2D eigenvalue weighted by Gasteiger charge is -2.14. The first-order chi connectivity index (χ1) is 14.5. The number of nitrogens with one attached hydrogen (secondary N) is 2. The highest BCUT2D eigenvalue weighted by Gasteiger charge is 2.16. The zero-order valence-electron chi connectivity index (χ0n) is 17.2. The van der Waals surface area contributed by atoms with Gasteiger partial charge >= 0.3 is 0 Å². The highest BCUT2D eigenvalue weighted by Crippen LogP contribution is 2.21. The third-order valence-corrected chi connectivity index (χ3v) is 4.60. The van der Waals surface area contributed by atoms with Crippen LogP contribution in [0.5, 0.6) is 5.75 Å². The zero-order valence-corrected chi connectivity index (χ0v) is 17.2. The van der Waals surface area contributed by atoms with Gasteiger partial charge in [0.2, 0.25) is 0 Å². The maximum atomic E-state index is 13.1. The SMILES string of the molecule is COc1ccccc1/C=C(/NC(=O)c1ccccc1)C(=O)Nc1ccc(C)cc1C. The molecule has 0 saturated carbocycles. The maximum absolute atomic E-state index is 13.1. The van der Waals surface area contributed by atoms with Gasteiger partial charge < -0.3 is 15.4 Å². The molecular formula is C25H24N2O3. The van der Waals surface area contributed by atoms with Gasteiger partial charge in [0.1, 0.15) is 11.4 Å². The summed E-state index contributed by atoms with van der Waals surface area (Å²) in [4.78, 5) is 25.8.